The maximum absolute atomic E-state index is 12.5. The Bertz CT molecular complexity index is 311. The molecule has 1 amide bonds. The molecule has 3 rings (SSSR count). The van der Waals surface area contributed by atoms with Crippen molar-refractivity contribution < 1.29 is 4.79 Å². The second kappa shape index (κ2) is 4.27. The van der Waals surface area contributed by atoms with Gasteiger partial charge in [0.1, 0.15) is 0 Å². The number of carbonyl (C=O) groups is 1. The maximum Gasteiger partial charge on any atom is 0.226 e. The number of nitrogens with two attached hydrogens (primary N) is 1. The Morgan fingerprint density at radius 1 is 1.29 bits per heavy atom. The molecule has 2 N–H and O–H groups in total. The minimum absolute atomic E-state index is 0.123. The quantitative estimate of drug-likeness (QED) is 0.811. The Labute approximate surface area is 104 Å². The fraction of sp³-hybridized carbons (Fsp3) is 0.929. The minimum atomic E-state index is 0.123. The number of amides is 1. The van der Waals surface area contributed by atoms with Gasteiger partial charge in [-0.3, -0.25) is 4.79 Å². The zero-order valence-electron chi connectivity index (χ0n) is 10.8. The van der Waals surface area contributed by atoms with E-state index in [0.29, 0.717) is 17.9 Å². The predicted molar refractivity (Wildman–Crippen MR) is 67.3 cm³/mol. The number of hydrogen-bond donors (Lipinski definition) is 1. The summed E-state index contributed by atoms with van der Waals surface area (Å²) < 4.78 is 0. The number of piperidine rings is 1. The SMILES string of the molecule is C[C@H](N)[C@@H]1CCCCN1C(=O)[C@H]1C[C@H]1C1CC1. The molecule has 1 heterocycles. The van der Waals surface area contributed by atoms with Crippen molar-refractivity contribution in [1.29, 1.82) is 0 Å². The molecule has 1 aliphatic heterocycles. The first-order valence-corrected chi connectivity index (χ1v) is 7.24. The Balaban J connectivity index is 1.63. The van der Waals surface area contributed by atoms with E-state index in [1.165, 1.54) is 19.3 Å². The second-order valence-corrected chi connectivity index (χ2v) is 6.30. The Kier molecular flexibility index (Phi) is 2.89. The maximum atomic E-state index is 12.5. The van der Waals surface area contributed by atoms with Gasteiger partial charge in [0.05, 0.1) is 0 Å². The molecular formula is C14H24N2O. The summed E-state index contributed by atoms with van der Waals surface area (Å²) in [6, 6.07) is 0.425. The van der Waals surface area contributed by atoms with Gasteiger partial charge in [-0.2, -0.15) is 0 Å². The van der Waals surface area contributed by atoms with Crippen molar-refractivity contribution in [3.63, 3.8) is 0 Å². The molecule has 0 unspecified atom stereocenters. The van der Waals surface area contributed by atoms with Crippen molar-refractivity contribution in [1.82, 2.24) is 4.90 Å². The molecule has 0 aromatic carbocycles. The van der Waals surface area contributed by atoms with Crippen LogP contribution in [0.25, 0.3) is 0 Å². The molecule has 2 aliphatic carbocycles. The summed E-state index contributed by atoms with van der Waals surface area (Å²) in [7, 11) is 0. The lowest BCUT2D eigenvalue weighted by molar-refractivity contribution is -0.137. The van der Waals surface area contributed by atoms with Crippen LogP contribution in [0.2, 0.25) is 0 Å². The van der Waals surface area contributed by atoms with Crippen LogP contribution in [-0.2, 0) is 4.79 Å². The number of hydrogen-bond acceptors (Lipinski definition) is 2. The van der Waals surface area contributed by atoms with Gasteiger partial charge in [-0.05, 0) is 57.3 Å². The molecule has 96 valence electrons. The lowest BCUT2D eigenvalue weighted by atomic mass is 9.96. The highest BCUT2D eigenvalue weighted by Gasteiger charge is 2.53. The average Bonchev–Trinajstić information content (AvgIpc) is 3.15. The van der Waals surface area contributed by atoms with Crippen LogP contribution in [0.4, 0.5) is 0 Å². The molecule has 4 atom stereocenters. The largest absolute Gasteiger partial charge is 0.338 e. The van der Waals surface area contributed by atoms with E-state index in [1.54, 1.807) is 0 Å². The van der Waals surface area contributed by atoms with Gasteiger partial charge in [-0.25, -0.2) is 0 Å². The molecule has 0 radical (unpaired) electrons. The molecule has 3 heteroatoms. The molecule has 2 saturated carbocycles. The standard InChI is InChI=1S/C14H24N2O/c1-9(15)13-4-2-3-7-16(13)14(17)12-8-11(12)10-5-6-10/h9-13H,2-8,15H2,1H3/t9-,11-,12-,13-/m0/s1. The van der Waals surface area contributed by atoms with Crippen LogP contribution >= 0.6 is 0 Å². The monoisotopic (exact) mass is 236 g/mol. The van der Waals surface area contributed by atoms with Crippen LogP contribution in [0.1, 0.15) is 45.4 Å². The van der Waals surface area contributed by atoms with E-state index in [9.17, 15) is 4.79 Å². The third-order valence-corrected chi connectivity index (χ3v) is 4.82. The first kappa shape index (κ1) is 11.5. The van der Waals surface area contributed by atoms with Crippen LogP contribution in [-0.4, -0.2) is 29.4 Å². The molecule has 1 saturated heterocycles. The van der Waals surface area contributed by atoms with Gasteiger partial charge in [0, 0.05) is 24.5 Å². The van der Waals surface area contributed by atoms with Crippen molar-refractivity contribution in [3.05, 3.63) is 0 Å². The molecule has 3 nitrogen and oxygen atoms in total. The van der Waals surface area contributed by atoms with Crippen molar-refractivity contribution >= 4 is 5.91 Å². The van der Waals surface area contributed by atoms with Gasteiger partial charge in [0.2, 0.25) is 5.91 Å². The van der Waals surface area contributed by atoms with E-state index >= 15 is 0 Å². The van der Waals surface area contributed by atoms with Crippen LogP contribution in [0.3, 0.4) is 0 Å². The zero-order valence-corrected chi connectivity index (χ0v) is 10.8. The minimum Gasteiger partial charge on any atom is -0.338 e. The van der Waals surface area contributed by atoms with Gasteiger partial charge in [0.15, 0.2) is 0 Å². The van der Waals surface area contributed by atoms with Gasteiger partial charge in [-0.1, -0.05) is 0 Å². The lowest BCUT2D eigenvalue weighted by Gasteiger charge is -2.38. The number of rotatable bonds is 3. The predicted octanol–water partition coefficient (Wildman–Crippen LogP) is 1.76. The highest BCUT2D eigenvalue weighted by Crippen LogP contribution is 2.55. The van der Waals surface area contributed by atoms with E-state index in [-0.39, 0.29) is 6.04 Å². The van der Waals surface area contributed by atoms with E-state index in [1.807, 2.05) is 6.92 Å². The fourth-order valence-corrected chi connectivity index (χ4v) is 3.53. The summed E-state index contributed by atoms with van der Waals surface area (Å²) in [4.78, 5) is 14.6. The molecule has 0 aromatic rings. The van der Waals surface area contributed by atoms with E-state index in [2.05, 4.69) is 4.90 Å². The summed E-state index contributed by atoms with van der Waals surface area (Å²) >= 11 is 0. The first-order chi connectivity index (χ1) is 8.18. The van der Waals surface area contributed by atoms with E-state index in [4.69, 9.17) is 5.73 Å². The Morgan fingerprint density at radius 2 is 2.06 bits per heavy atom. The summed E-state index contributed by atoms with van der Waals surface area (Å²) in [5, 5.41) is 0. The number of likely N-dealkylation sites (tertiary alicyclic amines) is 1. The lowest BCUT2D eigenvalue weighted by Crippen LogP contribution is -2.52. The average molecular weight is 236 g/mol. The Morgan fingerprint density at radius 3 is 2.71 bits per heavy atom. The smallest absolute Gasteiger partial charge is 0.226 e. The summed E-state index contributed by atoms with van der Waals surface area (Å²) in [5.41, 5.74) is 6.03. The van der Waals surface area contributed by atoms with Crippen molar-refractivity contribution in [2.75, 3.05) is 6.54 Å². The second-order valence-electron chi connectivity index (χ2n) is 6.30. The van der Waals surface area contributed by atoms with Gasteiger partial charge >= 0.3 is 0 Å². The Hall–Kier alpha value is -0.570. The van der Waals surface area contributed by atoms with Crippen LogP contribution in [0.15, 0.2) is 0 Å². The topological polar surface area (TPSA) is 46.3 Å². The van der Waals surface area contributed by atoms with Gasteiger partial charge < -0.3 is 10.6 Å². The van der Waals surface area contributed by atoms with Crippen LogP contribution in [0.5, 0.6) is 0 Å². The fourth-order valence-electron chi connectivity index (χ4n) is 3.53. The van der Waals surface area contributed by atoms with Crippen molar-refractivity contribution in [2.24, 2.45) is 23.5 Å². The molecule has 0 spiro atoms. The third-order valence-electron chi connectivity index (χ3n) is 4.82. The normalized spacial score (nSPS) is 38.9. The van der Waals surface area contributed by atoms with Gasteiger partial charge in [0.25, 0.3) is 0 Å². The molecule has 3 fully saturated rings. The summed E-state index contributed by atoms with van der Waals surface area (Å²) in [6.45, 7) is 2.99. The molecule has 0 aromatic heterocycles. The first-order valence-electron chi connectivity index (χ1n) is 7.24. The van der Waals surface area contributed by atoms with E-state index in [0.717, 1.165) is 37.6 Å². The molecule has 3 aliphatic rings. The highest BCUT2D eigenvalue weighted by atomic mass is 16.2. The van der Waals surface area contributed by atoms with Crippen molar-refractivity contribution in [2.45, 2.75) is 57.5 Å². The summed E-state index contributed by atoms with van der Waals surface area (Å²) in [6.07, 6.45) is 7.38. The number of nitrogens with zero attached hydrogens (tertiary/aromatic N) is 1. The molecule has 17 heavy (non-hydrogen) atoms. The van der Waals surface area contributed by atoms with Crippen molar-refractivity contribution in [3.8, 4) is 0 Å². The number of carbonyl (C=O) groups excluding carboxylic acids is 1. The van der Waals surface area contributed by atoms with Gasteiger partial charge in [-0.15, -0.1) is 0 Å². The summed E-state index contributed by atoms with van der Waals surface area (Å²) in [5.74, 6) is 2.41. The molecular weight excluding hydrogens is 212 g/mol. The van der Waals surface area contributed by atoms with Crippen LogP contribution in [0, 0.1) is 17.8 Å². The third kappa shape index (κ3) is 2.22. The van der Waals surface area contributed by atoms with E-state index < -0.39 is 0 Å². The van der Waals surface area contributed by atoms with Crippen LogP contribution < -0.4 is 5.73 Å². The molecule has 0 bridgehead atoms. The highest BCUT2D eigenvalue weighted by molar-refractivity contribution is 5.82. The zero-order chi connectivity index (χ0) is 12.0.